The molecule has 0 aliphatic heterocycles. The van der Waals surface area contributed by atoms with E-state index in [0.717, 1.165) is 5.75 Å². The fraction of sp³-hybridized carbons (Fsp3) is 0.316. The Kier molecular flexibility index (Phi) is 6.77. The van der Waals surface area contributed by atoms with Crippen LogP contribution in [0.2, 0.25) is 0 Å². The first-order valence-electron chi connectivity index (χ1n) is 8.04. The Hall–Kier alpha value is -2.60. The lowest BCUT2D eigenvalue weighted by atomic mass is 10.1. The van der Waals surface area contributed by atoms with Crippen LogP contribution in [-0.2, 0) is 11.3 Å². The van der Waals surface area contributed by atoms with Gasteiger partial charge in [0, 0.05) is 17.8 Å². The van der Waals surface area contributed by atoms with Crippen molar-refractivity contribution in [3.8, 4) is 11.5 Å². The predicted molar refractivity (Wildman–Crippen MR) is 95.5 cm³/mol. The normalized spacial score (nSPS) is 10.6. The van der Waals surface area contributed by atoms with Gasteiger partial charge >= 0.3 is 0 Å². The summed E-state index contributed by atoms with van der Waals surface area (Å²) in [4.78, 5) is 14.2. The average molecular weight is 346 g/mol. The molecule has 2 aromatic rings. The van der Waals surface area contributed by atoms with Crippen LogP contribution in [0.1, 0.15) is 12.5 Å². The van der Waals surface area contributed by atoms with Crippen molar-refractivity contribution >= 4 is 11.6 Å². The molecule has 0 aliphatic rings. The molecular formula is C19H23FN2O3. The molecule has 25 heavy (non-hydrogen) atoms. The lowest BCUT2D eigenvalue weighted by Gasteiger charge is -2.21. The second-order valence-corrected chi connectivity index (χ2v) is 5.54. The van der Waals surface area contributed by atoms with Gasteiger partial charge in [0.1, 0.15) is 17.3 Å². The number of hydrogen-bond acceptors (Lipinski definition) is 4. The molecule has 0 aromatic heterocycles. The second kappa shape index (κ2) is 9.03. The van der Waals surface area contributed by atoms with E-state index in [2.05, 4.69) is 5.32 Å². The van der Waals surface area contributed by atoms with Gasteiger partial charge in [-0.1, -0.05) is 6.92 Å². The maximum atomic E-state index is 13.5. The molecular weight excluding hydrogens is 323 g/mol. The Balaban J connectivity index is 1.98. The number of likely N-dealkylation sites (N-methyl/N-ethyl adjacent to an activating group) is 1. The smallest absolute Gasteiger partial charge is 0.238 e. The molecule has 6 heteroatoms. The molecule has 0 radical (unpaired) electrons. The van der Waals surface area contributed by atoms with Crippen molar-refractivity contribution in [1.29, 1.82) is 0 Å². The van der Waals surface area contributed by atoms with Crippen LogP contribution in [0.3, 0.4) is 0 Å². The number of amides is 1. The highest BCUT2D eigenvalue weighted by Crippen LogP contribution is 2.21. The zero-order valence-electron chi connectivity index (χ0n) is 14.7. The third-order valence-corrected chi connectivity index (χ3v) is 3.82. The number of halogens is 1. The van der Waals surface area contributed by atoms with Gasteiger partial charge in [0.25, 0.3) is 0 Å². The first-order chi connectivity index (χ1) is 12.0. The van der Waals surface area contributed by atoms with Crippen LogP contribution in [0, 0.1) is 5.82 Å². The van der Waals surface area contributed by atoms with Gasteiger partial charge in [-0.3, -0.25) is 9.69 Å². The summed E-state index contributed by atoms with van der Waals surface area (Å²) in [6.07, 6.45) is 0. The van der Waals surface area contributed by atoms with E-state index in [0.29, 0.717) is 30.1 Å². The van der Waals surface area contributed by atoms with E-state index in [1.165, 1.54) is 12.1 Å². The molecule has 0 fully saturated rings. The Labute approximate surface area is 147 Å². The SMILES string of the molecule is CCN(CC(=O)Nc1ccc(OC)cc1)Cc1cc(F)ccc1OC. The first-order valence-corrected chi connectivity index (χ1v) is 8.04. The van der Waals surface area contributed by atoms with Crippen molar-refractivity contribution in [2.24, 2.45) is 0 Å². The number of hydrogen-bond donors (Lipinski definition) is 1. The molecule has 0 spiro atoms. The lowest BCUT2D eigenvalue weighted by molar-refractivity contribution is -0.117. The van der Waals surface area contributed by atoms with Crippen molar-refractivity contribution in [3.05, 3.63) is 53.8 Å². The van der Waals surface area contributed by atoms with Gasteiger partial charge in [-0.15, -0.1) is 0 Å². The van der Waals surface area contributed by atoms with E-state index < -0.39 is 0 Å². The van der Waals surface area contributed by atoms with Crippen LogP contribution >= 0.6 is 0 Å². The monoisotopic (exact) mass is 346 g/mol. The Bertz CT molecular complexity index is 704. The van der Waals surface area contributed by atoms with Gasteiger partial charge < -0.3 is 14.8 Å². The molecule has 1 amide bonds. The molecule has 0 saturated carbocycles. The van der Waals surface area contributed by atoms with Gasteiger partial charge in [0.15, 0.2) is 0 Å². The van der Waals surface area contributed by atoms with Crippen LogP contribution in [0.15, 0.2) is 42.5 Å². The summed E-state index contributed by atoms with van der Waals surface area (Å²) < 4.78 is 23.8. The van der Waals surface area contributed by atoms with E-state index in [1.54, 1.807) is 44.6 Å². The van der Waals surface area contributed by atoms with Crippen LogP contribution in [0.25, 0.3) is 0 Å². The molecule has 5 nitrogen and oxygen atoms in total. The highest BCUT2D eigenvalue weighted by atomic mass is 19.1. The summed E-state index contributed by atoms with van der Waals surface area (Å²) in [6.45, 7) is 3.22. The predicted octanol–water partition coefficient (Wildman–Crippen LogP) is 3.30. The number of anilines is 1. The maximum Gasteiger partial charge on any atom is 0.238 e. The number of carbonyl (C=O) groups excluding carboxylic acids is 1. The minimum atomic E-state index is -0.325. The third kappa shape index (κ3) is 5.46. The number of carbonyl (C=O) groups is 1. The Morgan fingerprint density at radius 2 is 1.84 bits per heavy atom. The Morgan fingerprint density at radius 1 is 1.12 bits per heavy atom. The fourth-order valence-corrected chi connectivity index (χ4v) is 2.47. The van der Waals surface area contributed by atoms with Gasteiger partial charge in [-0.25, -0.2) is 4.39 Å². The van der Waals surface area contributed by atoms with E-state index in [9.17, 15) is 9.18 Å². The summed E-state index contributed by atoms with van der Waals surface area (Å²) in [6, 6.07) is 11.5. The summed E-state index contributed by atoms with van der Waals surface area (Å²) in [5, 5.41) is 2.84. The highest BCUT2D eigenvalue weighted by Gasteiger charge is 2.13. The number of benzene rings is 2. The summed E-state index contributed by atoms with van der Waals surface area (Å²) >= 11 is 0. The van der Waals surface area contributed by atoms with E-state index >= 15 is 0 Å². The standard InChI is InChI=1S/C19H23FN2O3/c1-4-22(12-14-11-15(20)5-10-18(14)25-3)13-19(23)21-16-6-8-17(24-2)9-7-16/h5-11H,4,12-13H2,1-3H3,(H,21,23). The van der Waals surface area contributed by atoms with Crippen molar-refractivity contribution in [2.45, 2.75) is 13.5 Å². The zero-order valence-corrected chi connectivity index (χ0v) is 14.7. The minimum Gasteiger partial charge on any atom is -0.497 e. The topological polar surface area (TPSA) is 50.8 Å². The van der Waals surface area contributed by atoms with E-state index in [1.807, 2.05) is 11.8 Å². The van der Waals surface area contributed by atoms with Crippen LogP contribution < -0.4 is 14.8 Å². The zero-order chi connectivity index (χ0) is 18.2. The number of methoxy groups -OCH3 is 2. The molecule has 0 unspecified atom stereocenters. The number of ether oxygens (including phenoxy) is 2. The fourth-order valence-electron chi connectivity index (χ4n) is 2.47. The van der Waals surface area contributed by atoms with Gasteiger partial charge in [0.2, 0.25) is 5.91 Å². The minimum absolute atomic E-state index is 0.137. The third-order valence-electron chi connectivity index (χ3n) is 3.82. The molecule has 0 saturated heterocycles. The van der Waals surface area contributed by atoms with Crippen molar-refractivity contribution in [2.75, 3.05) is 32.6 Å². The summed E-state index contributed by atoms with van der Waals surface area (Å²) in [7, 11) is 3.14. The molecule has 0 atom stereocenters. The quantitative estimate of drug-likeness (QED) is 0.797. The number of nitrogens with one attached hydrogen (secondary N) is 1. The molecule has 134 valence electrons. The summed E-state index contributed by atoms with van der Waals surface area (Å²) in [5.74, 6) is 0.874. The molecule has 1 N–H and O–H groups in total. The summed E-state index contributed by atoms with van der Waals surface area (Å²) in [5.41, 5.74) is 1.41. The van der Waals surface area contributed by atoms with Crippen LogP contribution in [0.5, 0.6) is 11.5 Å². The van der Waals surface area contributed by atoms with Crippen molar-refractivity contribution < 1.29 is 18.7 Å². The molecule has 0 bridgehead atoms. The van der Waals surface area contributed by atoms with Crippen LogP contribution in [0.4, 0.5) is 10.1 Å². The van der Waals surface area contributed by atoms with Gasteiger partial charge in [0.05, 0.1) is 20.8 Å². The maximum absolute atomic E-state index is 13.5. The van der Waals surface area contributed by atoms with Gasteiger partial charge in [-0.2, -0.15) is 0 Å². The van der Waals surface area contributed by atoms with Crippen LogP contribution in [-0.4, -0.2) is 38.1 Å². The highest BCUT2D eigenvalue weighted by molar-refractivity contribution is 5.92. The first kappa shape index (κ1) is 18.7. The molecule has 0 aliphatic carbocycles. The van der Waals surface area contributed by atoms with Crippen molar-refractivity contribution in [3.63, 3.8) is 0 Å². The largest absolute Gasteiger partial charge is 0.497 e. The lowest BCUT2D eigenvalue weighted by Crippen LogP contribution is -2.32. The average Bonchev–Trinajstić information content (AvgIpc) is 2.62. The molecule has 0 heterocycles. The number of rotatable bonds is 8. The Morgan fingerprint density at radius 3 is 2.44 bits per heavy atom. The number of nitrogens with zero attached hydrogens (tertiary/aromatic N) is 1. The van der Waals surface area contributed by atoms with Crippen molar-refractivity contribution in [1.82, 2.24) is 4.90 Å². The second-order valence-electron chi connectivity index (χ2n) is 5.54. The van der Waals surface area contributed by atoms with Gasteiger partial charge in [-0.05, 0) is 49.0 Å². The molecule has 2 rings (SSSR count). The molecule has 2 aromatic carbocycles. The van der Waals surface area contributed by atoms with E-state index in [4.69, 9.17) is 9.47 Å². The van der Waals surface area contributed by atoms with E-state index in [-0.39, 0.29) is 18.3 Å².